The molecule has 146 valence electrons. The molecule has 1 aliphatic rings. The van der Waals surface area contributed by atoms with Gasteiger partial charge in [0.15, 0.2) is 12.3 Å². The number of carbonyl (C=O) groups is 2. The first-order valence-corrected chi connectivity index (χ1v) is 10.2. The van der Waals surface area contributed by atoms with Gasteiger partial charge in [0.05, 0.1) is 17.1 Å². The molecule has 4 rings (SSSR count). The molecule has 28 heavy (non-hydrogen) atoms. The molecule has 1 aliphatic heterocycles. The predicted octanol–water partition coefficient (Wildman–Crippen LogP) is 3.12. The molecule has 0 fully saturated rings. The van der Waals surface area contributed by atoms with E-state index < -0.39 is 5.97 Å². The minimum atomic E-state index is -0.527. The lowest BCUT2D eigenvalue weighted by atomic mass is 10.1. The van der Waals surface area contributed by atoms with E-state index in [2.05, 4.69) is 10.1 Å². The average Bonchev–Trinajstić information content (AvgIpc) is 3.30. The SMILES string of the molecule is Cc1cc(C(=O)OCC(=O)N2CCc3sccc3C2)c2cnn(C(C)C)c2n1. The number of aromatic nitrogens is 3. The molecule has 4 heterocycles. The number of nitrogens with zero attached hydrogens (tertiary/aromatic N) is 4. The van der Waals surface area contributed by atoms with Crippen LogP contribution >= 0.6 is 11.3 Å². The van der Waals surface area contributed by atoms with Crippen LogP contribution in [0.3, 0.4) is 0 Å². The first-order valence-electron chi connectivity index (χ1n) is 9.29. The molecule has 7 nitrogen and oxygen atoms in total. The van der Waals surface area contributed by atoms with E-state index in [4.69, 9.17) is 4.74 Å². The van der Waals surface area contributed by atoms with Gasteiger partial charge in [0.25, 0.3) is 5.91 Å². The summed E-state index contributed by atoms with van der Waals surface area (Å²) in [5, 5.41) is 7.02. The number of ether oxygens (including phenoxy) is 1. The molecule has 8 heteroatoms. The van der Waals surface area contributed by atoms with Crippen LogP contribution in [-0.4, -0.2) is 44.7 Å². The number of thiophene rings is 1. The second-order valence-electron chi connectivity index (χ2n) is 7.24. The van der Waals surface area contributed by atoms with Gasteiger partial charge < -0.3 is 9.64 Å². The molecule has 0 saturated heterocycles. The fourth-order valence-corrected chi connectivity index (χ4v) is 4.34. The highest BCUT2D eigenvalue weighted by Gasteiger charge is 2.24. The highest BCUT2D eigenvalue weighted by Crippen LogP contribution is 2.24. The third kappa shape index (κ3) is 3.40. The molecule has 1 amide bonds. The Hall–Kier alpha value is -2.74. The lowest BCUT2D eigenvalue weighted by Gasteiger charge is -2.26. The van der Waals surface area contributed by atoms with Gasteiger partial charge in [-0.15, -0.1) is 11.3 Å². The standard InChI is InChI=1S/C20H22N4O3S/c1-12(2)24-19-16(9-21-24)15(8-13(3)22-19)20(26)27-11-18(25)23-6-4-17-14(10-23)5-7-28-17/h5,7-9,12H,4,6,10-11H2,1-3H3. The maximum absolute atomic E-state index is 12.7. The van der Waals surface area contributed by atoms with Crippen LogP contribution in [0.15, 0.2) is 23.7 Å². The van der Waals surface area contributed by atoms with Crippen LogP contribution in [0.2, 0.25) is 0 Å². The third-order valence-electron chi connectivity index (χ3n) is 4.89. The zero-order valence-electron chi connectivity index (χ0n) is 16.1. The molecule has 0 aromatic carbocycles. The summed E-state index contributed by atoms with van der Waals surface area (Å²) in [6.45, 7) is 6.80. The molecule has 0 atom stereocenters. The molecular formula is C20H22N4O3S. The zero-order valence-corrected chi connectivity index (χ0v) is 17.0. The molecule has 0 saturated carbocycles. The van der Waals surface area contributed by atoms with Gasteiger partial charge >= 0.3 is 5.97 Å². The van der Waals surface area contributed by atoms with Crippen molar-refractivity contribution in [3.05, 3.63) is 45.4 Å². The van der Waals surface area contributed by atoms with Crippen LogP contribution in [-0.2, 0) is 22.5 Å². The molecule has 3 aromatic heterocycles. The lowest BCUT2D eigenvalue weighted by Crippen LogP contribution is -2.38. The van der Waals surface area contributed by atoms with Gasteiger partial charge in [0.1, 0.15) is 0 Å². The third-order valence-corrected chi connectivity index (χ3v) is 5.91. The molecule has 0 unspecified atom stereocenters. The summed E-state index contributed by atoms with van der Waals surface area (Å²) in [4.78, 5) is 32.8. The molecule has 0 bridgehead atoms. The number of amides is 1. The molecular weight excluding hydrogens is 376 g/mol. The Morgan fingerprint density at radius 2 is 2.18 bits per heavy atom. The summed E-state index contributed by atoms with van der Waals surface area (Å²) in [6.07, 6.45) is 2.48. The summed E-state index contributed by atoms with van der Waals surface area (Å²) >= 11 is 1.72. The van der Waals surface area contributed by atoms with Gasteiger partial charge in [0.2, 0.25) is 0 Å². The van der Waals surface area contributed by atoms with Crippen molar-refractivity contribution >= 4 is 34.2 Å². The smallest absolute Gasteiger partial charge is 0.339 e. The first-order chi connectivity index (χ1) is 13.4. The van der Waals surface area contributed by atoms with E-state index in [9.17, 15) is 9.59 Å². The van der Waals surface area contributed by atoms with Gasteiger partial charge in [-0.3, -0.25) is 4.79 Å². The molecule has 0 radical (unpaired) electrons. The minimum absolute atomic E-state index is 0.123. The zero-order chi connectivity index (χ0) is 19.8. The van der Waals surface area contributed by atoms with E-state index in [-0.39, 0.29) is 18.6 Å². The fraction of sp³-hybridized carbons (Fsp3) is 0.400. The van der Waals surface area contributed by atoms with Gasteiger partial charge in [-0.1, -0.05) is 0 Å². The van der Waals surface area contributed by atoms with Gasteiger partial charge in [0, 0.05) is 29.7 Å². The van der Waals surface area contributed by atoms with Crippen molar-refractivity contribution in [1.29, 1.82) is 0 Å². The van der Waals surface area contributed by atoms with E-state index in [1.165, 1.54) is 10.4 Å². The monoisotopic (exact) mass is 398 g/mol. The Balaban J connectivity index is 1.48. The van der Waals surface area contributed by atoms with Crippen molar-refractivity contribution in [3.63, 3.8) is 0 Å². The molecule has 0 N–H and O–H groups in total. The Labute approximate surface area is 166 Å². The van der Waals surface area contributed by atoms with Crippen molar-refractivity contribution in [2.75, 3.05) is 13.2 Å². The number of aryl methyl sites for hydroxylation is 1. The van der Waals surface area contributed by atoms with Crippen molar-refractivity contribution < 1.29 is 14.3 Å². The summed E-state index contributed by atoms with van der Waals surface area (Å²) in [7, 11) is 0. The maximum Gasteiger partial charge on any atom is 0.339 e. The predicted molar refractivity (Wildman–Crippen MR) is 106 cm³/mol. The Morgan fingerprint density at radius 3 is 2.96 bits per heavy atom. The molecule has 3 aromatic rings. The van der Waals surface area contributed by atoms with Crippen LogP contribution in [0.1, 0.15) is 46.4 Å². The van der Waals surface area contributed by atoms with E-state index in [1.54, 1.807) is 33.2 Å². The van der Waals surface area contributed by atoms with Gasteiger partial charge in [-0.2, -0.15) is 5.10 Å². The number of hydrogen-bond acceptors (Lipinski definition) is 6. The van der Waals surface area contributed by atoms with Crippen LogP contribution in [0.5, 0.6) is 0 Å². The summed E-state index contributed by atoms with van der Waals surface area (Å²) in [5.41, 5.74) is 2.92. The lowest BCUT2D eigenvalue weighted by molar-refractivity contribution is -0.135. The van der Waals surface area contributed by atoms with Crippen LogP contribution in [0.4, 0.5) is 0 Å². The quantitative estimate of drug-likeness (QED) is 0.631. The number of rotatable bonds is 4. The highest BCUT2D eigenvalue weighted by molar-refractivity contribution is 7.10. The Kier molecular flexibility index (Phi) is 4.89. The van der Waals surface area contributed by atoms with Crippen molar-refractivity contribution in [2.24, 2.45) is 0 Å². The van der Waals surface area contributed by atoms with Gasteiger partial charge in [-0.05, 0) is 50.3 Å². The maximum atomic E-state index is 12.7. The summed E-state index contributed by atoms with van der Waals surface area (Å²) in [6, 6.07) is 3.85. The first kappa shape index (κ1) is 18.6. The normalized spacial score (nSPS) is 13.8. The molecule has 0 aliphatic carbocycles. The van der Waals surface area contributed by atoms with Gasteiger partial charge in [-0.25, -0.2) is 14.5 Å². The van der Waals surface area contributed by atoms with E-state index in [0.29, 0.717) is 35.4 Å². The highest BCUT2D eigenvalue weighted by atomic mass is 32.1. The summed E-state index contributed by atoms with van der Waals surface area (Å²) < 4.78 is 7.13. The largest absolute Gasteiger partial charge is 0.452 e. The Bertz CT molecular complexity index is 1050. The van der Waals surface area contributed by atoms with E-state index in [1.807, 2.05) is 32.2 Å². The second kappa shape index (κ2) is 7.35. The number of pyridine rings is 1. The van der Waals surface area contributed by atoms with Crippen molar-refractivity contribution in [3.8, 4) is 0 Å². The number of fused-ring (bicyclic) bond motifs is 2. The topological polar surface area (TPSA) is 77.3 Å². The van der Waals surface area contributed by atoms with E-state index in [0.717, 1.165) is 6.42 Å². The minimum Gasteiger partial charge on any atom is -0.452 e. The second-order valence-corrected chi connectivity index (χ2v) is 8.24. The average molecular weight is 398 g/mol. The van der Waals surface area contributed by atoms with Crippen LogP contribution in [0, 0.1) is 6.92 Å². The summed E-state index contributed by atoms with van der Waals surface area (Å²) in [5.74, 6) is -0.703. The number of hydrogen-bond donors (Lipinski definition) is 0. The number of carbonyl (C=O) groups excluding carboxylic acids is 2. The van der Waals surface area contributed by atoms with Crippen LogP contribution < -0.4 is 0 Å². The van der Waals surface area contributed by atoms with Crippen molar-refractivity contribution in [1.82, 2.24) is 19.7 Å². The number of esters is 1. The van der Waals surface area contributed by atoms with E-state index >= 15 is 0 Å². The Morgan fingerprint density at radius 1 is 1.36 bits per heavy atom. The van der Waals surface area contributed by atoms with Crippen LogP contribution in [0.25, 0.3) is 11.0 Å². The molecule has 0 spiro atoms. The van der Waals surface area contributed by atoms with Crippen molar-refractivity contribution in [2.45, 2.75) is 39.8 Å². The fourth-order valence-electron chi connectivity index (χ4n) is 3.45.